The van der Waals surface area contributed by atoms with Crippen LogP contribution in [-0.2, 0) is 14.3 Å². The highest BCUT2D eigenvalue weighted by molar-refractivity contribution is 5.98. The van der Waals surface area contributed by atoms with E-state index in [-0.39, 0.29) is 6.61 Å². The van der Waals surface area contributed by atoms with Crippen LogP contribution in [0.2, 0.25) is 0 Å². The second kappa shape index (κ2) is 8.10. The fourth-order valence-electron chi connectivity index (χ4n) is 1.27. The Morgan fingerprint density at radius 2 is 2.06 bits per heavy atom. The summed E-state index contributed by atoms with van der Waals surface area (Å²) in [4.78, 5) is 11.7. The van der Waals surface area contributed by atoms with Crippen molar-refractivity contribution in [3.8, 4) is 11.8 Å². The van der Waals surface area contributed by atoms with Crippen LogP contribution in [0, 0.1) is 11.8 Å². The summed E-state index contributed by atoms with van der Waals surface area (Å²) in [7, 11) is 1.56. The smallest absolute Gasteiger partial charge is 0.346 e. The third-order valence-corrected chi connectivity index (χ3v) is 2.05. The van der Waals surface area contributed by atoms with Gasteiger partial charge in [-0.3, -0.25) is 0 Å². The minimum atomic E-state index is -0.412. The highest BCUT2D eigenvalue weighted by atomic mass is 16.5. The monoisotopic (exact) mass is 244 g/mol. The van der Waals surface area contributed by atoms with Crippen LogP contribution < -0.4 is 0 Å². The van der Waals surface area contributed by atoms with Gasteiger partial charge >= 0.3 is 5.97 Å². The van der Waals surface area contributed by atoms with Gasteiger partial charge < -0.3 is 9.47 Å². The molecule has 0 radical (unpaired) electrons. The summed E-state index contributed by atoms with van der Waals surface area (Å²) < 4.78 is 9.79. The summed E-state index contributed by atoms with van der Waals surface area (Å²) in [5, 5.41) is 0. The van der Waals surface area contributed by atoms with E-state index in [4.69, 9.17) is 9.47 Å². The quantitative estimate of drug-likeness (QED) is 0.463. The Labute approximate surface area is 107 Å². The maximum atomic E-state index is 11.7. The molecule has 3 nitrogen and oxygen atoms in total. The molecule has 1 aromatic rings. The number of ether oxygens (including phenoxy) is 2. The van der Waals surface area contributed by atoms with E-state index in [0.717, 1.165) is 5.56 Å². The van der Waals surface area contributed by atoms with Crippen LogP contribution in [0.25, 0.3) is 6.08 Å². The highest BCUT2D eigenvalue weighted by Crippen LogP contribution is 2.07. The molecule has 18 heavy (non-hydrogen) atoms. The maximum Gasteiger partial charge on any atom is 0.346 e. The van der Waals surface area contributed by atoms with Gasteiger partial charge in [-0.2, -0.15) is 0 Å². The van der Waals surface area contributed by atoms with Gasteiger partial charge in [0.15, 0.2) is 0 Å². The molecule has 0 heterocycles. The molecule has 1 aromatic carbocycles. The second-order valence-corrected chi connectivity index (χ2v) is 3.42. The topological polar surface area (TPSA) is 35.5 Å². The lowest BCUT2D eigenvalue weighted by Crippen LogP contribution is -2.06. The molecule has 0 bridgehead atoms. The van der Waals surface area contributed by atoms with Gasteiger partial charge in [0.05, 0.1) is 6.61 Å². The number of esters is 1. The minimum Gasteiger partial charge on any atom is -0.462 e. The van der Waals surface area contributed by atoms with Crippen LogP contribution in [0.1, 0.15) is 12.5 Å². The number of hydrogen-bond donors (Lipinski definition) is 0. The molecule has 94 valence electrons. The average Bonchev–Trinajstić information content (AvgIpc) is 2.39. The van der Waals surface area contributed by atoms with Crippen molar-refractivity contribution in [2.75, 3.05) is 20.3 Å². The molecule has 0 unspecified atom stereocenters. The first-order valence-corrected chi connectivity index (χ1v) is 5.69. The van der Waals surface area contributed by atoms with E-state index >= 15 is 0 Å². The first-order valence-electron chi connectivity index (χ1n) is 5.69. The predicted molar refractivity (Wildman–Crippen MR) is 70.7 cm³/mol. The van der Waals surface area contributed by atoms with Crippen LogP contribution in [0.4, 0.5) is 0 Å². The molecule has 0 amide bonds. The summed E-state index contributed by atoms with van der Waals surface area (Å²) >= 11 is 0. The van der Waals surface area contributed by atoms with Crippen LogP contribution in [0.5, 0.6) is 0 Å². The van der Waals surface area contributed by atoms with Crippen molar-refractivity contribution in [1.29, 1.82) is 0 Å². The van der Waals surface area contributed by atoms with Gasteiger partial charge in [0.1, 0.15) is 12.2 Å². The lowest BCUT2D eigenvalue weighted by molar-refractivity contribution is -0.137. The van der Waals surface area contributed by atoms with E-state index in [1.165, 1.54) is 0 Å². The number of carbonyl (C=O) groups excluding carboxylic acids is 1. The van der Waals surface area contributed by atoms with Gasteiger partial charge in [-0.1, -0.05) is 42.2 Å². The van der Waals surface area contributed by atoms with Crippen LogP contribution >= 0.6 is 0 Å². The number of hydrogen-bond acceptors (Lipinski definition) is 3. The normalized spacial score (nSPS) is 10.4. The molecule has 0 fully saturated rings. The average molecular weight is 244 g/mol. The Kier molecular flexibility index (Phi) is 6.31. The van der Waals surface area contributed by atoms with Gasteiger partial charge in [-0.25, -0.2) is 4.79 Å². The van der Waals surface area contributed by atoms with Crippen molar-refractivity contribution < 1.29 is 14.3 Å². The fourth-order valence-corrected chi connectivity index (χ4v) is 1.27. The SMILES string of the molecule is CCOC(=O)/C(C#CCOC)=C\c1ccccc1. The zero-order chi connectivity index (χ0) is 13.2. The molecule has 1 rings (SSSR count). The summed E-state index contributed by atoms with van der Waals surface area (Å²) in [5.74, 6) is 5.11. The van der Waals surface area contributed by atoms with Crippen molar-refractivity contribution in [1.82, 2.24) is 0 Å². The van der Waals surface area contributed by atoms with E-state index in [2.05, 4.69) is 11.8 Å². The zero-order valence-electron chi connectivity index (χ0n) is 10.6. The Morgan fingerprint density at radius 1 is 1.33 bits per heavy atom. The third-order valence-electron chi connectivity index (χ3n) is 2.05. The zero-order valence-corrected chi connectivity index (χ0v) is 10.6. The first-order chi connectivity index (χ1) is 8.77. The molecular formula is C15H16O3. The van der Waals surface area contributed by atoms with E-state index in [1.807, 2.05) is 30.3 Å². The Morgan fingerprint density at radius 3 is 2.67 bits per heavy atom. The fraction of sp³-hybridized carbons (Fsp3) is 0.267. The molecule has 0 aromatic heterocycles. The van der Waals surface area contributed by atoms with Gasteiger partial charge in [0, 0.05) is 7.11 Å². The van der Waals surface area contributed by atoms with E-state index in [1.54, 1.807) is 20.1 Å². The van der Waals surface area contributed by atoms with E-state index < -0.39 is 5.97 Å². The van der Waals surface area contributed by atoms with Crippen molar-refractivity contribution in [2.45, 2.75) is 6.92 Å². The maximum absolute atomic E-state index is 11.7. The summed E-state index contributed by atoms with van der Waals surface area (Å²) in [5.41, 5.74) is 1.24. The van der Waals surface area contributed by atoms with Crippen LogP contribution in [0.3, 0.4) is 0 Å². The largest absolute Gasteiger partial charge is 0.462 e. The predicted octanol–water partition coefficient (Wildman–Crippen LogP) is 2.28. The Balaban J connectivity index is 2.94. The Bertz CT molecular complexity index is 464. The van der Waals surface area contributed by atoms with Crippen LogP contribution in [0.15, 0.2) is 35.9 Å². The minimum absolute atomic E-state index is 0.283. The number of rotatable bonds is 4. The van der Waals surface area contributed by atoms with Gasteiger partial charge in [0.25, 0.3) is 0 Å². The summed E-state index contributed by atoms with van der Waals surface area (Å²) in [6, 6.07) is 9.51. The molecule has 0 saturated heterocycles. The van der Waals surface area contributed by atoms with Crippen molar-refractivity contribution >= 4 is 12.0 Å². The lowest BCUT2D eigenvalue weighted by Gasteiger charge is -2.01. The van der Waals surface area contributed by atoms with E-state index in [9.17, 15) is 4.79 Å². The van der Waals surface area contributed by atoms with Gasteiger partial charge in [-0.15, -0.1) is 0 Å². The number of benzene rings is 1. The first kappa shape index (κ1) is 14.0. The number of methoxy groups -OCH3 is 1. The lowest BCUT2D eigenvalue weighted by atomic mass is 10.1. The summed E-state index contributed by atoms with van der Waals surface area (Å²) in [6.45, 7) is 2.38. The third kappa shape index (κ3) is 4.86. The molecule has 0 aliphatic carbocycles. The van der Waals surface area contributed by atoms with Gasteiger partial charge in [0.2, 0.25) is 0 Å². The molecule has 3 heteroatoms. The number of carbonyl (C=O) groups is 1. The molecule has 0 aliphatic heterocycles. The second-order valence-electron chi connectivity index (χ2n) is 3.42. The molecule has 0 atom stereocenters. The van der Waals surface area contributed by atoms with Crippen molar-refractivity contribution in [3.63, 3.8) is 0 Å². The van der Waals surface area contributed by atoms with Gasteiger partial charge in [-0.05, 0) is 18.6 Å². The molecule has 0 spiro atoms. The molecular weight excluding hydrogens is 228 g/mol. The van der Waals surface area contributed by atoms with Crippen LogP contribution in [-0.4, -0.2) is 26.3 Å². The molecule has 0 N–H and O–H groups in total. The Hall–Kier alpha value is -2.05. The van der Waals surface area contributed by atoms with Crippen molar-refractivity contribution in [3.05, 3.63) is 41.5 Å². The standard InChI is InChI=1S/C15H16O3/c1-3-18-15(16)14(10-7-11-17-2)12-13-8-5-4-6-9-13/h4-6,8-9,12H,3,11H2,1-2H3/b14-12-. The molecule has 0 aliphatic rings. The van der Waals surface area contributed by atoms with E-state index in [0.29, 0.717) is 12.2 Å². The molecule has 0 saturated carbocycles. The van der Waals surface area contributed by atoms with Crippen molar-refractivity contribution in [2.24, 2.45) is 0 Å². The highest BCUT2D eigenvalue weighted by Gasteiger charge is 2.07. The summed E-state index contributed by atoms with van der Waals surface area (Å²) in [6.07, 6.45) is 1.71.